The summed E-state index contributed by atoms with van der Waals surface area (Å²) in [6, 6.07) is 0. The van der Waals surface area contributed by atoms with E-state index in [1.54, 1.807) is 7.11 Å². The molecule has 39 heavy (non-hydrogen) atoms. The molecule has 0 fully saturated rings. The van der Waals surface area contributed by atoms with Gasteiger partial charge in [0, 0.05) is 35.5 Å². The third-order valence-electron chi connectivity index (χ3n) is 7.73. The molecule has 0 N–H and O–H groups in total. The molecule has 0 spiro atoms. The summed E-state index contributed by atoms with van der Waals surface area (Å²) in [6.45, 7) is 2.28. The topological polar surface area (TPSA) is 73.8 Å². The molecule has 0 aromatic carbocycles. The molecule has 8 nitrogen and oxygen atoms in total. The summed E-state index contributed by atoms with van der Waals surface area (Å²) in [5.74, 6) is -2.95. The predicted octanol–water partition coefficient (Wildman–Crippen LogP) is 7.74. The first-order valence-electron chi connectivity index (χ1n) is 15.1. The summed E-state index contributed by atoms with van der Waals surface area (Å²) < 4.78 is 46.0. The average Bonchev–Trinajstić information content (AvgIpc) is 2.97. The van der Waals surface area contributed by atoms with Crippen LogP contribution in [0, 0.1) is 0 Å². The Hall–Kier alpha value is -1.06. The Morgan fingerprint density at radius 2 is 0.872 bits per heavy atom. The number of unbranched alkanes of at least 4 members (excludes halogenated alkanes) is 15. The van der Waals surface area contributed by atoms with Gasteiger partial charge >= 0.3 is 5.95 Å². The molecule has 0 radical (unpaired) electrons. The first-order chi connectivity index (χ1) is 19.0. The van der Waals surface area contributed by atoms with Crippen molar-refractivity contribution in [3.05, 3.63) is 11.7 Å². The average molecular weight is 563 g/mol. The van der Waals surface area contributed by atoms with E-state index >= 15 is 0 Å². The Balaban J connectivity index is 4.72. The lowest BCUT2D eigenvalue weighted by Gasteiger charge is -2.48. The fourth-order valence-electron chi connectivity index (χ4n) is 5.50. The van der Waals surface area contributed by atoms with Crippen LogP contribution in [-0.2, 0) is 37.9 Å². The second-order valence-electron chi connectivity index (χ2n) is 10.1. The number of ether oxygens (including phenoxy) is 8. The molecular formula is C31H62O8. The van der Waals surface area contributed by atoms with Gasteiger partial charge in [0.2, 0.25) is 5.76 Å². The maximum atomic E-state index is 5.97. The summed E-state index contributed by atoms with van der Waals surface area (Å²) >= 11 is 0. The van der Waals surface area contributed by atoms with Gasteiger partial charge in [0.25, 0.3) is 11.6 Å². The number of hydrogen-bond acceptors (Lipinski definition) is 8. The molecule has 0 amide bonds. The highest BCUT2D eigenvalue weighted by atomic mass is 16.8. The van der Waals surface area contributed by atoms with Crippen LogP contribution in [0.3, 0.4) is 0 Å². The largest absolute Gasteiger partial charge is 0.490 e. The Morgan fingerprint density at radius 1 is 0.487 bits per heavy atom. The SMILES string of the molecule is CCCCCCCCCCCCCCCCCCC(OC)C(OC)(OC)C(OC)(OC)C(OC)=C(OC)OC. The second kappa shape index (κ2) is 23.6. The zero-order valence-corrected chi connectivity index (χ0v) is 26.9. The van der Waals surface area contributed by atoms with Crippen LogP contribution in [0.15, 0.2) is 11.7 Å². The maximum Gasteiger partial charge on any atom is 0.324 e. The van der Waals surface area contributed by atoms with E-state index in [2.05, 4.69) is 6.92 Å². The molecule has 234 valence electrons. The molecule has 0 heterocycles. The molecule has 0 aromatic rings. The van der Waals surface area contributed by atoms with Crippen molar-refractivity contribution in [3.63, 3.8) is 0 Å². The van der Waals surface area contributed by atoms with Gasteiger partial charge in [0.1, 0.15) is 6.10 Å². The second-order valence-corrected chi connectivity index (χ2v) is 10.1. The lowest BCUT2D eigenvalue weighted by atomic mass is 9.92. The summed E-state index contributed by atoms with van der Waals surface area (Å²) in [7, 11) is 12.1. The number of methoxy groups -OCH3 is 8. The van der Waals surface area contributed by atoms with E-state index in [0.29, 0.717) is 6.42 Å². The fraction of sp³-hybridized carbons (Fsp3) is 0.935. The van der Waals surface area contributed by atoms with Gasteiger partial charge in [-0.25, -0.2) is 0 Å². The predicted molar refractivity (Wildman–Crippen MR) is 157 cm³/mol. The van der Waals surface area contributed by atoms with Gasteiger partial charge < -0.3 is 37.9 Å². The smallest absolute Gasteiger partial charge is 0.324 e. The van der Waals surface area contributed by atoms with E-state index in [1.807, 2.05) is 0 Å². The molecular weight excluding hydrogens is 500 g/mol. The van der Waals surface area contributed by atoms with Crippen molar-refractivity contribution >= 4 is 0 Å². The van der Waals surface area contributed by atoms with Gasteiger partial charge in [-0.05, 0) is 6.42 Å². The summed E-state index contributed by atoms with van der Waals surface area (Å²) in [6.07, 6.45) is 21.2. The van der Waals surface area contributed by atoms with E-state index in [4.69, 9.17) is 37.9 Å². The van der Waals surface area contributed by atoms with E-state index in [1.165, 1.54) is 140 Å². The molecule has 8 heteroatoms. The van der Waals surface area contributed by atoms with Crippen LogP contribution < -0.4 is 0 Å². The number of hydrogen-bond donors (Lipinski definition) is 0. The van der Waals surface area contributed by atoms with Crippen molar-refractivity contribution in [1.29, 1.82) is 0 Å². The zero-order valence-electron chi connectivity index (χ0n) is 26.9. The van der Waals surface area contributed by atoms with Gasteiger partial charge in [0.05, 0.1) is 21.3 Å². The quantitative estimate of drug-likeness (QED) is 0.0545. The van der Waals surface area contributed by atoms with Crippen LogP contribution >= 0.6 is 0 Å². The first kappa shape index (κ1) is 37.9. The van der Waals surface area contributed by atoms with Gasteiger partial charge in [-0.2, -0.15) is 0 Å². The maximum absolute atomic E-state index is 5.97. The third-order valence-corrected chi connectivity index (χ3v) is 7.73. The molecule has 0 aliphatic heterocycles. The van der Waals surface area contributed by atoms with E-state index in [-0.39, 0.29) is 11.7 Å². The van der Waals surface area contributed by atoms with Gasteiger partial charge in [0.15, 0.2) is 0 Å². The van der Waals surface area contributed by atoms with Crippen LogP contribution in [0.5, 0.6) is 0 Å². The highest BCUT2D eigenvalue weighted by Crippen LogP contribution is 2.43. The summed E-state index contributed by atoms with van der Waals surface area (Å²) in [5, 5.41) is 0. The van der Waals surface area contributed by atoms with Crippen LogP contribution in [0.4, 0.5) is 0 Å². The monoisotopic (exact) mass is 562 g/mol. The molecule has 0 saturated heterocycles. The summed E-state index contributed by atoms with van der Waals surface area (Å²) in [4.78, 5) is 0. The Bertz CT molecular complexity index is 581. The molecule has 0 bridgehead atoms. The van der Waals surface area contributed by atoms with Crippen molar-refractivity contribution in [1.82, 2.24) is 0 Å². The lowest BCUT2D eigenvalue weighted by molar-refractivity contribution is -0.408. The van der Waals surface area contributed by atoms with Crippen LogP contribution in [0.1, 0.15) is 116 Å². The Kier molecular flexibility index (Phi) is 23.0. The van der Waals surface area contributed by atoms with Crippen LogP contribution in [0.25, 0.3) is 0 Å². The summed E-state index contributed by atoms with van der Waals surface area (Å²) in [5.41, 5.74) is 0. The zero-order chi connectivity index (χ0) is 29.4. The van der Waals surface area contributed by atoms with Crippen molar-refractivity contribution in [2.75, 3.05) is 56.9 Å². The minimum atomic E-state index is -1.66. The van der Waals surface area contributed by atoms with Gasteiger partial charge in [-0.15, -0.1) is 0 Å². The van der Waals surface area contributed by atoms with Crippen molar-refractivity contribution in [3.8, 4) is 0 Å². The minimum Gasteiger partial charge on any atom is -0.490 e. The van der Waals surface area contributed by atoms with Crippen LogP contribution in [0.2, 0.25) is 0 Å². The molecule has 1 unspecified atom stereocenters. The van der Waals surface area contributed by atoms with Gasteiger partial charge in [-0.1, -0.05) is 110 Å². The Labute approximate surface area is 240 Å². The minimum absolute atomic E-state index is 0.0805. The van der Waals surface area contributed by atoms with Crippen LogP contribution in [-0.4, -0.2) is 74.6 Å². The normalized spacial score (nSPS) is 12.8. The van der Waals surface area contributed by atoms with Crippen molar-refractivity contribution in [2.45, 2.75) is 134 Å². The third kappa shape index (κ3) is 11.8. The fourth-order valence-corrected chi connectivity index (χ4v) is 5.50. The molecule has 0 aromatic heterocycles. The standard InChI is InChI=1S/C31H62O8/c1-10-11-12-13-14-15-16-17-18-19-20-21-22-23-24-25-26-27(32-2)30(36-6,37-7)31(38-8,39-9)28(33-3)29(34-4)35-5/h27H,10-26H2,1-9H3. The highest BCUT2D eigenvalue weighted by Gasteiger charge is 2.65. The Morgan fingerprint density at radius 3 is 1.15 bits per heavy atom. The lowest BCUT2D eigenvalue weighted by Crippen LogP contribution is -2.67. The molecule has 0 saturated carbocycles. The molecule has 0 aliphatic rings. The van der Waals surface area contributed by atoms with E-state index in [9.17, 15) is 0 Å². The van der Waals surface area contributed by atoms with Crippen molar-refractivity contribution < 1.29 is 37.9 Å². The molecule has 0 rings (SSSR count). The molecule has 1 atom stereocenters. The van der Waals surface area contributed by atoms with E-state index in [0.717, 1.165) is 12.8 Å². The molecule has 0 aliphatic carbocycles. The highest BCUT2D eigenvalue weighted by molar-refractivity contribution is 5.16. The van der Waals surface area contributed by atoms with E-state index < -0.39 is 17.7 Å². The number of rotatable bonds is 28. The first-order valence-corrected chi connectivity index (χ1v) is 15.1. The van der Waals surface area contributed by atoms with Gasteiger partial charge in [-0.3, -0.25) is 0 Å². The van der Waals surface area contributed by atoms with Crippen molar-refractivity contribution in [2.24, 2.45) is 0 Å².